The zero-order valence-corrected chi connectivity index (χ0v) is 10.5. The van der Waals surface area contributed by atoms with Gasteiger partial charge >= 0.3 is 5.97 Å². The number of benzene rings is 1. The predicted molar refractivity (Wildman–Crippen MR) is 71.1 cm³/mol. The van der Waals surface area contributed by atoms with Crippen LogP contribution in [-0.4, -0.2) is 17.6 Å². The molecule has 0 aliphatic carbocycles. The summed E-state index contributed by atoms with van der Waals surface area (Å²) in [4.78, 5) is 15.5. The molecule has 0 saturated heterocycles. The van der Waals surface area contributed by atoms with Gasteiger partial charge in [-0.05, 0) is 25.1 Å². The number of aromatic nitrogens is 1. The number of rotatable bonds is 4. The van der Waals surface area contributed by atoms with Gasteiger partial charge in [0.1, 0.15) is 5.75 Å². The number of nitrogen functional groups attached to an aromatic ring is 1. The topological polar surface area (TPSA) is 74.4 Å². The van der Waals surface area contributed by atoms with Crippen molar-refractivity contribution < 1.29 is 14.3 Å². The number of hydrogen-bond acceptors (Lipinski definition) is 5. The molecule has 0 spiro atoms. The Morgan fingerprint density at radius 2 is 2.16 bits per heavy atom. The van der Waals surface area contributed by atoms with Gasteiger partial charge in [0.2, 0.25) is 5.88 Å². The molecule has 1 aromatic heterocycles. The number of esters is 1. The zero-order valence-electron chi connectivity index (χ0n) is 10.5. The lowest BCUT2D eigenvalue weighted by atomic mass is 10.3. The van der Waals surface area contributed by atoms with Crippen LogP contribution in [0, 0.1) is 0 Å². The van der Waals surface area contributed by atoms with Gasteiger partial charge in [-0.15, -0.1) is 0 Å². The molecule has 19 heavy (non-hydrogen) atoms. The van der Waals surface area contributed by atoms with Crippen LogP contribution in [0.3, 0.4) is 0 Å². The van der Waals surface area contributed by atoms with Gasteiger partial charge < -0.3 is 15.2 Å². The Balaban J connectivity index is 2.08. The maximum absolute atomic E-state index is 11.4. The van der Waals surface area contributed by atoms with Gasteiger partial charge in [-0.3, -0.25) is 0 Å². The number of hydrogen-bond donors (Lipinski definition) is 1. The molecular formula is C14H14N2O3. The third-order valence-electron chi connectivity index (χ3n) is 2.33. The highest BCUT2D eigenvalue weighted by molar-refractivity contribution is 5.89. The van der Waals surface area contributed by atoms with Gasteiger partial charge in [0.15, 0.2) is 0 Å². The van der Waals surface area contributed by atoms with Crippen molar-refractivity contribution in [3.8, 4) is 11.6 Å². The van der Waals surface area contributed by atoms with E-state index in [2.05, 4.69) is 4.98 Å². The van der Waals surface area contributed by atoms with Crippen LogP contribution in [0.15, 0.2) is 42.6 Å². The Morgan fingerprint density at radius 1 is 1.32 bits per heavy atom. The van der Waals surface area contributed by atoms with Crippen molar-refractivity contribution in [1.29, 1.82) is 0 Å². The average molecular weight is 258 g/mol. The number of carbonyl (C=O) groups excluding carboxylic acids is 1. The maximum Gasteiger partial charge on any atom is 0.339 e. The van der Waals surface area contributed by atoms with E-state index in [4.69, 9.17) is 15.2 Å². The van der Waals surface area contributed by atoms with Crippen LogP contribution in [0.4, 0.5) is 5.69 Å². The third-order valence-corrected chi connectivity index (χ3v) is 2.33. The molecule has 1 aromatic carbocycles. The molecule has 0 unspecified atom stereocenters. The van der Waals surface area contributed by atoms with Crippen LogP contribution in [0.1, 0.15) is 17.3 Å². The van der Waals surface area contributed by atoms with Crippen LogP contribution in [0.25, 0.3) is 0 Å². The quantitative estimate of drug-likeness (QED) is 0.674. The smallest absolute Gasteiger partial charge is 0.339 e. The van der Waals surface area contributed by atoms with E-state index in [1.807, 2.05) is 0 Å². The fraction of sp³-hybridized carbons (Fsp3) is 0.143. The molecule has 0 atom stereocenters. The van der Waals surface area contributed by atoms with E-state index in [-0.39, 0.29) is 0 Å². The normalized spacial score (nSPS) is 9.95. The summed E-state index contributed by atoms with van der Waals surface area (Å²) >= 11 is 0. The van der Waals surface area contributed by atoms with Crippen molar-refractivity contribution >= 4 is 11.7 Å². The highest BCUT2D eigenvalue weighted by Gasteiger charge is 2.07. The van der Waals surface area contributed by atoms with E-state index >= 15 is 0 Å². The molecule has 98 valence electrons. The van der Waals surface area contributed by atoms with Crippen molar-refractivity contribution in [2.75, 3.05) is 12.3 Å². The van der Waals surface area contributed by atoms with Crippen LogP contribution in [0.2, 0.25) is 0 Å². The standard InChI is InChI=1S/C14H14N2O3/c1-2-18-14(17)10-6-7-13(16-9-10)19-12-5-3-4-11(15)8-12/h3-9H,2,15H2,1H3. The van der Waals surface area contributed by atoms with Gasteiger partial charge in [0.25, 0.3) is 0 Å². The molecule has 0 fully saturated rings. The van der Waals surface area contributed by atoms with Gasteiger partial charge in [0.05, 0.1) is 12.2 Å². The monoisotopic (exact) mass is 258 g/mol. The first-order valence-corrected chi connectivity index (χ1v) is 5.85. The molecular weight excluding hydrogens is 244 g/mol. The molecule has 0 radical (unpaired) electrons. The Hall–Kier alpha value is -2.56. The second kappa shape index (κ2) is 5.86. The predicted octanol–water partition coefficient (Wildman–Crippen LogP) is 2.63. The lowest BCUT2D eigenvalue weighted by molar-refractivity contribution is 0.0526. The summed E-state index contributed by atoms with van der Waals surface area (Å²) in [6.07, 6.45) is 1.42. The number of ether oxygens (including phenoxy) is 2. The summed E-state index contributed by atoms with van der Waals surface area (Å²) in [5, 5.41) is 0. The van der Waals surface area contributed by atoms with Crippen molar-refractivity contribution in [3.05, 3.63) is 48.2 Å². The largest absolute Gasteiger partial charge is 0.462 e. The Kier molecular flexibility index (Phi) is 3.97. The number of nitrogens with zero attached hydrogens (tertiary/aromatic N) is 1. The number of carbonyl (C=O) groups is 1. The van der Waals surface area contributed by atoms with Crippen LogP contribution in [0.5, 0.6) is 11.6 Å². The third kappa shape index (κ3) is 3.45. The molecule has 5 nitrogen and oxygen atoms in total. The van der Waals surface area contributed by atoms with Gasteiger partial charge in [0, 0.05) is 24.0 Å². The first-order valence-electron chi connectivity index (χ1n) is 5.85. The minimum absolute atomic E-state index is 0.334. The van der Waals surface area contributed by atoms with Crippen LogP contribution in [-0.2, 0) is 4.74 Å². The fourth-order valence-corrected chi connectivity index (χ4v) is 1.47. The van der Waals surface area contributed by atoms with Gasteiger partial charge in [-0.2, -0.15) is 0 Å². The van der Waals surface area contributed by atoms with Crippen LogP contribution >= 0.6 is 0 Å². The summed E-state index contributed by atoms with van der Waals surface area (Å²) < 4.78 is 10.4. The maximum atomic E-state index is 11.4. The first kappa shape index (κ1) is 12.9. The second-order valence-electron chi connectivity index (χ2n) is 3.78. The molecule has 0 saturated carbocycles. The lowest BCUT2D eigenvalue weighted by Crippen LogP contribution is -2.04. The molecule has 2 rings (SSSR count). The molecule has 2 N–H and O–H groups in total. The highest BCUT2D eigenvalue weighted by Crippen LogP contribution is 2.21. The highest BCUT2D eigenvalue weighted by atomic mass is 16.5. The van der Waals surface area contributed by atoms with Crippen LogP contribution < -0.4 is 10.5 Å². The SMILES string of the molecule is CCOC(=O)c1ccc(Oc2cccc(N)c2)nc1. The molecule has 2 aromatic rings. The minimum atomic E-state index is -0.398. The summed E-state index contributed by atoms with van der Waals surface area (Å²) in [6, 6.07) is 10.2. The van der Waals surface area contributed by atoms with Crippen molar-refractivity contribution in [3.63, 3.8) is 0 Å². The summed E-state index contributed by atoms with van der Waals surface area (Å²) in [5.41, 5.74) is 6.65. The Labute approximate surface area is 111 Å². The van der Waals surface area contributed by atoms with Gasteiger partial charge in [-0.25, -0.2) is 9.78 Å². The van der Waals surface area contributed by atoms with E-state index in [9.17, 15) is 4.79 Å². The summed E-state index contributed by atoms with van der Waals surface area (Å²) in [6.45, 7) is 2.09. The van der Waals surface area contributed by atoms with Crippen molar-refractivity contribution in [1.82, 2.24) is 4.98 Å². The molecule has 0 bridgehead atoms. The van der Waals surface area contributed by atoms with E-state index in [1.54, 1.807) is 43.3 Å². The summed E-state index contributed by atoms with van der Waals surface area (Å²) in [7, 11) is 0. The molecule has 0 amide bonds. The Bertz CT molecular complexity index is 567. The Morgan fingerprint density at radius 3 is 2.79 bits per heavy atom. The molecule has 0 aliphatic heterocycles. The van der Waals surface area contributed by atoms with Gasteiger partial charge in [-0.1, -0.05) is 6.07 Å². The lowest BCUT2D eigenvalue weighted by Gasteiger charge is -2.06. The average Bonchev–Trinajstić information content (AvgIpc) is 2.40. The second-order valence-corrected chi connectivity index (χ2v) is 3.78. The number of pyridine rings is 1. The minimum Gasteiger partial charge on any atom is -0.462 e. The number of nitrogens with two attached hydrogens (primary N) is 1. The zero-order chi connectivity index (χ0) is 13.7. The van der Waals surface area contributed by atoms with E-state index in [1.165, 1.54) is 6.20 Å². The number of anilines is 1. The first-order chi connectivity index (χ1) is 9.19. The van der Waals surface area contributed by atoms with Crippen molar-refractivity contribution in [2.45, 2.75) is 6.92 Å². The van der Waals surface area contributed by atoms with E-state index in [0.29, 0.717) is 29.5 Å². The molecule has 1 heterocycles. The van der Waals surface area contributed by atoms with E-state index < -0.39 is 5.97 Å². The van der Waals surface area contributed by atoms with Crippen molar-refractivity contribution in [2.24, 2.45) is 0 Å². The molecule has 5 heteroatoms. The molecule has 0 aliphatic rings. The van der Waals surface area contributed by atoms with E-state index in [0.717, 1.165) is 0 Å². The summed E-state index contributed by atoms with van der Waals surface area (Å²) in [5.74, 6) is 0.584. The fourth-order valence-electron chi connectivity index (χ4n) is 1.47.